The molecule has 6 heteroatoms. The predicted octanol–water partition coefficient (Wildman–Crippen LogP) is 1.47. The highest BCUT2D eigenvalue weighted by Gasteiger charge is 2.06. The second kappa shape index (κ2) is 5.53. The molecule has 0 bridgehead atoms. The summed E-state index contributed by atoms with van der Waals surface area (Å²) in [6.45, 7) is 1.47. The van der Waals surface area contributed by atoms with E-state index in [1.807, 2.05) is 0 Å². The summed E-state index contributed by atoms with van der Waals surface area (Å²) in [4.78, 5) is 24.8. The summed E-state index contributed by atoms with van der Waals surface area (Å²) in [5, 5.41) is 10.2. The van der Waals surface area contributed by atoms with E-state index in [4.69, 9.17) is 5.11 Å². The Morgan fingerprint density at radius 2 is 2.40 bits per heavy atom. The third-order valence-electron chi connectivity index (χ3n) is 1.25. The van der Waals surface area contributed by atoms with Crippen LogP contribution in [0.3, 0.4) is 0 Å². The van der Waals surface area contributed by atoms with E-state index in [2.05, 4.69) is 16.8 Å². The van der Waals surface area contributed by atoms with E-state index in [9.17, 15) is 9.59 Å². The van der Waals surface area contributed by atoms with Crippen molar-refractivity contribution < 1.29 is 14.7 Å². The third-order valence-corrected chi connectivity index (χ3v) is 2.78. The number of aromatic nitrogens is 1. The van der Waals surface area contributed by atoms with Crippen LogP contribution in [0.25, 0.3) is 0 Å². The Kier molecular flexibility index (Phi) is 4.34. The second-order valence-corrected chi connectivity index (χ2v) is 4.44. The summed E-state index contributed by atoms with van der Waals surface area (Å²) in [7, 11) is 0. The molecule has 0 aliphatic heterocycles. The number of carbonyl (C=O) groups is 2. The molecule has 0 spiro atoms. The molecule has 1 aromatic heterocycles. The van der Waals surface area contributed by atoms with Crippen LogP contribution in [0.5, 0.6) is 0 Å². The van der Waals surface area contributed by atoms with Gasteiger partial charge in [-0.2, -0.15) is 0 Å². The quantitative estimate of drug-likeness (QED) is 0.794. The van der Waals surface area contributed by atoms with E-state index in [-0.39, 0.29) is 10.1 Å². The van der Waals surface area contributed by atoms with E-state index in [1.165, 1.54) is 6.92 Å². The number of hydrogen-bond acceptors (Lipinski definition) is 5. The van der Waals surface area contributed by atoms with Crippen LogP contribution in [-0.2, 0) is 4.79 Å². The van der Waals surface area contributed by atoms with Gasteiger partial charge in [0.15, 0.2) is 5.12 Å². The van der Waals surface area contributed by atoms with Gasteiger partial charge in [-0.25, -0.2) is 9.78 Å². The van der Waals surface area contributed by atoms with Crippen LogP contribution in [-0.4, -0.2) is 26.9 Å². The summed E-state index contributed by atoms with van der Waals surface area (Å²) in [6, 6.07) is 0. The molecule has 0 atom stereocenters. The maximum Gasteiger partial charge on any atom is 0.365 e. The second-order valence-electron chi connectivity index (χ2n) is 2.43. The number of carbonyl (C=O) groups excluding carboxylic acids is 1. The summed E-state index contributed by atoms with van der Waals surface area (Å²) >= 11 is 2.15. The summed E-state index contributed by atoms with van der Waals surface area (Å²) in [6.07, 6.45) is 0. The largest absolute Gasteiger partial charge is 0.476 e. The Labute approximate surface area is 94.7 Å². The summed E-state index contributed by atoms with van der Waals surface area (Å²) < 4.78 is 0. The molecule has 0 saturated heterocycles. The Balaban J connectivity index is 2.56. The van der Waals surface area contributed by atoms with Crippen molar-refractivity contribution in [2.75, 3.05) is 5.75 Å². The van der Waals surface area contributed by atoms with Crippen molar-refractivity contribution in [2.45, 2.75) is 6.92 Å². The molecule has 0 radical (unpaired) electrons. The highest BCUT2D eigenvalue weighted by atomic mass is 32.2. The van der Waals surface area contributed by atoms with Crippen LogP contribution in [0.4, 0.5) is 0 Å². The highest BCUT2D eigenvalue weighted by molar-refractivity contribution is 8.13. The van der Waals surface area contributed by atoms with Crippen LogP contribution >= 0.6 is 23.1 Å². The van der Waals surface area contributed by atoms with Crippen LogP contribution in [0.15, 0.2) is 5.38 Å². The number of rotatable bonds is 2. The summed E-state index contributed by atoms with van der Waals surface area (Å²) in [5.74, 6) is 4.77. The predicted molar refractivity (Wildman–Crippen MR) is 59.1 cm³/mol. The zero-order valence-corrected chi connectivity index (χ0v) is 9.44. The van der Waals surface area contributed by atoms with Gasteiger partial charge >= 0.3 is 5.97 Å². The first-order valence-electron chi connectivity index (χ1n) is 3.90. The molecule has 0 aromatic carbocycles. The average molecular weight is 241 g/mol. The van der Waals surface area contributed by atoms with E-state index >= 15 is 0 Å². The fourth-order valence-corrected chi connectivity index (χ4v) is 1.63. The molecule has 1 heterocycles. The number of thiazole rings is 1. The molecule has 1 rings (SSSR count). The van der Waals surface area contributed by atoms with Crippen molar-refractivity contribution in [3.05, 3.63) is 16.1 Å². The van der Waals surface area contributed by atoms with Crippen molar-refractivity contribution in [3.63, 3.8) is 0 Å². The van der Waals surface area contributed by atoms with Crippen LogP contribution in [0, 0.1) is 11.8 Å². The van der Waals surface area contributed by atoms with E-state index in [1.54, 1.807) is 5.38 Å². The Morgan fingerprint density at radius 1 is 1.67 bits per heavy atom. The number of carboxylic acids is 1. The van der Waals surface area contributed by atoms with Crippen LogP contribution in [0.2, 0.25) is 0 Å². The monoisotopic (exact) mass is 241 g/mol. The molecule has 0 unspecified atom stereocenters. The van der Waals surface area contributed by atoms with Gasteiger partial charge in [0.25, 0.3) is 0 Å². The zero-order valence-electron chi connectivity index (χ0n) is 7.81. The number of hydrogen-bond donors (Lipinski definition) is 1. The van der Waals surface area contributed by atoms with Gasteiger partial charge in [-0.15, -0.1) is 11.3 Å². The lowest BCUT2D eigenvalue weighted by Gasteiger charge is -1.83. The van der Waals surface area contributed by atoms with Crippen molar-refractivity contribution in [1.29, 1.82) is 0 Å². The van der Waals surface area contributed by atoms with Gasteiger partial charge in [0.1, 0.15) is 5.69 Å². The minimum Gasteiger partial charge on any atom is -0.476 e. The van der Waals surface area contributed by atoms with Crippen molar-refractivity contribution in [2.24, 2.45) is 0 Å². The zero-order chi connectivity index (χ0) is 11.3. The molecular formula is C9H7NO3S2. The Hall–Kier alpha value is -1.32. The van der Waals surface area contributed by atoms with E-state index in [0.29, 0.717) is 11.4 Å². The molecular weight excluding hydrogens is 234 g/mol. The molecule has 15 heavy (non-hydrogen) atoms. The smallest absolute Gasteiger partial charge is 0.365 e. The van der Waals surface area contributed by atoms with Gasteiger partial charge in [-0.1, -0.05) is 17.7 Å². The first kappa shape index (κ1) is 11.8. The number of thioether (sulfide) groups is 1. The number of carboxylic acid groups (broad SMARTS) is 1. The fourth-order valence-electron chi connectivity index (χ4n) is 0.694. The first-order valence-corrected chi connectivity index (χ1v) is 5.77. The normalized spacial score (nSPS) is 9.13. The molecule has 0 amide bonds. The van der Waals surface area contributed by atoms with Gasteiger partial charge < -0.3 is 5.11 Å². The first-order chi connectivity index (χ1) is 7.09. The van der Waals surface area contributed by atoms with Crippen molar-refractivity contribution in [1.82, 2.24) is 4.98 Å². The molecule has 4 nitrogen and oxygen atoms in total. The lowest BCUT2D eigenvalue weighted by atomic mass is 10.5. The number of nitrogens with zero attached hydrogens (tertiary/aromatic N) is 1. The van der Waals surface area contributed by atoms with Crippen LogP contribution < -0.4 is 0 Å². The van der Waals surface area contributed by atoms with Gasteiger partial charge in [0.05, 0.1) is 5.75 Å². The minimum atomic E-state index is -1.05. The molecule has 0 saturated carbocycles. The van der Waals surface area contributed by atoms with Crippen molar-refractivity contribution in [3.8, 4) is 11.8 Å². The lowest BCUT2D eigenvalue weighted by Crippen LogP contribution is -1.94. The maximum atomic E-state index is 10.6. The number of aromatic carboxylic acids is 1. The average Bonchev–Trinajstić information content (AvgIpc) is 2.60. The Bertz CT molecular complexity index is 442. The molecule has 0 aliphatic carbocycles. The molecule has 78 valence electrons. The molecule has 1 aromatic rings. The van der Waals surface area contributed by atoms with Gasteiger partial charge in [-0.05, 0) is 5.92 Å². The minimum absolute atomic E-state index is 0.00815. The maximum absolute atomic E-state index is 10.6. The van der Waals surface area contributed by atoms with Gasteiger partial charge in [-0.3, -0.25) is 4.79 Å². The standard InChI is InChI=1S/C9H7NO3S2/c1-6(11)14-4-2-3-7-5-15-8(10-7)9(12)13/h5H,4H2,1H3,(H,12,13). The van der Waals surface area contributed by atoms with Gasteiger partial charge in [0.2, 0.25) is 5.01 Å². The lowest BCUT2D eigenvalue weighted by molar-refractivity contribution is -0.109. The van der Waals surface area contributed by atoms with Crippen LogP contribution in [0.1, 0.15) is 22.4 Å². The van der Waals surface area contributed by atoms with Gasteiger partial charge in [0, 0.05) is 12.3 Å². The molecule has 0 aliphatic rings. The summed E-state index contributed by atoms with van der Waals surface area (Å²) in [5.41, 5.74) is 0.432. The SMILES string of the molecule is CC(=O)SCC#Cc1csc(C(=O)O)n1. The fraction of sp³-hybridized carbons (Fsp3) is 0.222. The topological polar surface area (TPSA) is 67.3 Å². The van der Waals surface area contributed by atoms with Crippen molar-refractivity contribution >= 4 is 34.2 Å². The van der Waals surface area contributed by atoms with E-state index < -0.39 is 5.97 Å². The molecule has 1 N–H and O–H groups in total. The third kappa shape index (κ3) is 4.14. The highest BCUT2D eigenvalue weighted by Crippen LogP contribution is 2.08. The van der Waals surface area contributed by atoms with E-state index in [0.717, 1.165) is 23.1 Å². The molecule has 0 fully saturated rings. The Morgan fingerprint density at radius 3 is 2.93 bits per heavy atom.